The lowest BCUT2D eigenvalue weighted by Crippen LogP contribution is -2.33. The number of para-hydroxylation sites is 2. The van der Waals surface area contributed by atoms with Gasteiger partial charge in [-0.15, -0.1) is 0 Å². The van der Waals surface area contributed by atoms with E-state index in [-0.39, 0.29) is 0 Å². The van der Waals surface area contributed by atoms with Crippen LogP contribution in [-0.4, -0.2) is 9.97 Å². The van der Waals surface area contributed by atoms with E-state index in [0.29, 0.717) is 0 Å². The zero-order valence-corrected chi connectivity index (χ0v) is 33.2. The lowest BCUT2D eigenvalue weighted by Gasteiger charge is -2.40. The molecule has 5 aliphatic rings. The van der Waals surface area contributed by atoms with Gasteiger partial charge >= 0.3 is 0 Å². The van der Waals surface area contributed by atoms with E-state index in [0.717, 1.165) is 28.5 Å². The van der Waals surface area contributed by atoms with Gasteiger partial charge in [-0.25, -0.2) is 0 Å². The molecule has 4 heterocycles. The van der Waals surface area contributed by atoms with E-state index in [2.05, 4.69) is 187 Å². The zero-order valence-electron chi connectivity index (χ0n) is 31.6. The highest BCUT2D eigenvalue weighted by molar-refractivity contribution is 8.00. The Labute approximate surface area is 350 Å². The number of nitrogens with zero attached hydrogens (tertiary/aromatic N) is 3. The molecular formula is C54H31N3S2. The Balaban J connectivity index is 1.09. The summed E-state index contributed by atoms with van der Waals surface area (Å²) in [6, 6.07) is 65.7. The Hall–Kier alpha value is -6.66. The van der Waals surface area contributed by atoms with Crippen LogP contribution in [0.3, 0.4) is 0 Å². The Morgan fingerprint density at radius 2 is 0.864 bits per heavy atom. The molecule has 3 aliphatic carbocycles. The maximum Gasteiger partial charge on any atom is 0.0939 e. The first-order valence-corrected chi connectivity index (χ1v) is 21.8. The third-order valence-electron chi connectivity index (χ3n) is 13.4. The second-order valence-corrected chi connectivity index (χ2v) is 18.2. The number of pyridine rings is 2. The van der Waals surface area contributed by atoms with Crippen molar-refractivity contribution < 1.29 is 0 Å². The highest BCUT2D eigenvalue weighted by Crippen LogP contribution is 2.67. The summed E-state index contributed by atoms with van der Waals surface area (Å²) in [7, 11) is 0. The fraction of sp³-hybridized carbons (Fsp3) is 0.0370. The van der Waals surface area contributed by atoms with Crippen molar-refractivity contribution in [3.63, 3.8) is 0 Å². The predicted molar refractivity (Wildman–Crippen MR) is 239 cm³/mol. The second-order valence-electron chi connectivity index (χ2n) is 16.0. The van der Waals surface area contributed by atoms with Crippen molar-refractivity contribution in [2.45, 2.75) is 30.4 Å². The first kappa shape index (κ1) is 32.3. The maximum atomic E-state index is 5.42. The second kappa shape index (κ2) is 11.5. The van der Waals surface area contributed by atoms with Gasteiger partial charge in [0.2, 0.25) is 0 Å². The Kier molecular flexibility index (Phi) is 6.30. The minimum absolute atomic E-state index is 0.423. The van der Waals surface area contributed by atoms with Crippen molar-refractivity contribution in [1.82, 2.24) is 9.97 Å². The van der Waals surface area contributed by atoms with Gasteiger partial charge in [-0.1, -0.05) is 145 Å². The van der Waals surface area contributed by atoms with Crippen LogP contribution < -0.4 is 4.90 Å². The smallest absolute Gasteiger partial charge is 0.0939 e. The topological polar surface area (TPSA) is 29.0 Å². The zero-order chi connectivity index (χ0) is 38.5. The average molecular weight is 786 g/mol. The molecule has 5 heteroatoms. The quantitative estimate of drug-likeness (QED) is 0.165. The van der Waals surface area contributed by atoms with Crippen LogP contribution >= 0.6 is 23.5 Å². The standard InChI is InChI=1S/C54H31N3S2/c1-4-17-37-33(14-1)34-15-2-5-18-38(34)53(37)39-19-6-3-16-35(39)36-29-43-50(30-42(36)53)58-47-24-10-7-20-40(47)54(43)41-21-13-27-55-51(41)52-44(54)28-32(31-56-52)57-45-22-8-11-25-48(45)59-49-26-12-9-23-46(49)57/h1-31H. The number of fused-ring (bicyclic) bond motifs is 21. The SMILES string of the molecule is c1ccc2c(c1)Sc1ccccc1N2c1cnc2c(c1)C1(c3ccccc3Sc3cc4c(cc31)-c1ccccc1C41c3ccccc3-c3ccccc31)c1cccnc1-2. The molecule has 1 atom stereocenters. The summed E-state index contributed by atoms with van der Waals surface area (Å²) in [6.45, 7) is 0. The molecule has 274 valence electrons. The minimum Gasteiger partial charge on any atom is -0.307 e. The third-order valence-corrected chi connectivity index (χ3v) is 15.7. The number of rotatable bonds is 1. The lowest BCUT2D eigenvalue weighted by molar-refractivity contribution is 0.714. The highest BCUT2D eigenvalue weighted by Gasteiger charge is 2.56. The van der Waals surface area contributed by atoms with Gasteiger partial charge in [0.25, 0.3) is 0 Å². The minimum atomic E-state index is -0.659. The highest BCUT2D eigenvalue weighted by atomic mass is 32.2. The Morgan fingerprint density at radius 1 is 0.356 bits per heavy atom. The van der Waals surface area contributed by atoms with E-state index in [4.69, 9.17) is 9.97 Å². The van der Waals surface area contributed by atoms with Crippen molar-refractivity contribution in [3.8, 4) is 33.6 Å². The lowest BCUT2D eigenvalue weighted by atomic mass is 9.66. The fourth-order valence-corrected chi connectivity index (χ4v) is 13.6. The van der Waals surface area contributed by atoms with Crippen LogP contribution in [0.15, 0.2) is 208 Å². The molecule has 0 saturated carbocycles. The summed E-state index contributed by atoms with van der Waals surface area (Å²) in [4.78, 5) is 18.0. The van der Waals surface area contributed by atoms with Gasteiger partial charge in [0, 0.05) is 31.3 Å². The first-order valence-electron chi connectivity index (χ1n) is 20.1. The van der Waals surface area contributed by atoms with E-state index >= 15 is 0 Å². The fourth-order valence-electron chi connectivity index (χ4n) is 11.3. The van der Waals surface area contributed by atoms with Gasteiger partial charge < -0.3 is 4.90 Å². The van der Waals surface area contributed by atoms with Gasteiger partial charge in [-0.3, -0.25) is 9.97 Å². The summed E-state index contributed by atoms with van der Waals surface area (Å²) in [5, 5.41) is 0. The van der Waals surface area contributed by atoms with E-state index in [1.54, 1.807) is 0 Å². The van der Waals surface area contributed by atoms with E-state index in [1.165, 1.54) is 86.3 Å². The number of hydrogen-bond acceptors (Lipinski definition) is 5. The van der Waals surface area contributed by atoms with Crippen molar-refractivity contribution in [3.05, 3.63) is 233 Å². The molecule has 0 saturated heterocycles. The van der Waals surface area contributed by atoms with Crippen molar-refractivity contribution in [2.24, 2.45) is 0 Å². The summed E-state index contributed by atoms with van der Waals surface area (Å²) in [5.74, 6) is 0. The average Bonchev–Trinajstić information content (AvgIpc) is 3.87. The van der Waals surface area contributed by atoms with Crippen LogP contribution in [0.5, 0.6) is 0 Å². The molecule has 0 radical (unpaired) electrons. The number of hydrogen-bond donors (Lipinski definition) is 0. The van der Waals surface area contributed by atoms with E-state index < -0.39 is 10.8 Å². The molecule has 0 bridgehead atoms. The number of benzene rings is 7. The molecule has 2 spiro atoms. The summed E-state index contributed by atoms with van der Waals surface area (Å²) >= 11 is 3.73. The van der Waals surface area contributed by atoms with Crippen LogP contribution in [0.1, 0.15) is 44.5 Å². The molecule has 3 nitrogen and oxygen atoms in total. The Morgan fingerprint density at radius 3 is 1.54 bits per heavy atom. The summed E-state index contributed by atoms with van der Waals surface area (Å²) < 4.78 is 0. The normalized spacial score (nSPS) is 17.2. The molecule has 0 amide bonds. The molecule has 9 aromatic rings. The number of anilines is 3. The molecular weight excluding hydrogens is 755 g/mol. The van der Waals surface area contributed by atoms with Crippen LogP contribution in [0, 0.1) is 0 Å². The maximum absolute atomic E-state index is 5.42. The van der Waals surface area contributed by atoms with Crippen molar-refractivity contribution >= 4 is 40.6 Å². The molecule has 0 fully saturated rings. The van der Waals surface area contributed by atoms with Crippen molar-refractivity contribution in [2.75, 3.05) is 4.90 Å². The monoisotopic (exact) mass is 785 g/mol. The van der Waals surface area contributed by atoms with Crippen LogP contribution in [-0.2, 0) is 10.8 Å². The largest absolute Gasteiger partial charge is 0.307 e. The van der Waals surface area contributed by atoms with Gasteiger partial charge in [-0.2, -0.15) is 0 Å². The van der Waals surface area contributed by atoms with Gasteiger partial charge in [0.15, 0.2) is 0 Å². The van der Waals surface area contributed by atoms with Crippen LogP contribution in [0.2, 0.25) is 0 Å². The molecule has 2 aliphatic heterocycles. The van der Waals surface area contributed by atoms with Gasteiger partial charge in [0.05, 0.1) is 45.5 Å². The van der Waals surface area contributed by atoms with E-state index in [1.807, 2.05) is 29.7 Å². The predicted octanol–water partition coefficient (Wildman–Crippen LogP) is 13.6. The van der Waals surface area contributed by atoms with Crippen molar-refractivity contribution in [1.29, 1.82) is 0 Å². The molecule has 59 heavy (non-hydrogen) atoms. The molecule has 7 aromatic carbocycles. The Bertz CT molecular complexity index is 3240. The van der Waals surface area contributed by atoms with Crippen LogP contribution in [0.25, 0.3) is 33.6 Å². The molecule has 14 rings (SSSR count). The van der Waals surface area contributed by atoms with Crippen LogP contribution in [0.4, 0.5) is 17.1 Å². The molecule has 0 N–H and O–H groups in total. The number of aromatic nitrogens is 2. The van der Waals surface area contributed by atoms with Gasteiger partial charge in [0.1, 0.15) is 0 Å². The summed E-state index contributed by atoms with van der Waals surface area (Å²) in [5.41, 5.74) is 19.8. The first-order chi connectivity index (χ1) is 29.3. The van der Waals surface area contributed by atoms with E-state index in [9.17, 15) is 0 Å². The molecule has 2 aromatic heterocycles. The third kappa shape index (κ3) is 3.89. The van der Waals surface area contributed by atoms with Gasteiger partial charge in [-0.05, 0) is 116 Å². The summed E-state index contributed by atoms with van der Waals surface area (Å²) in [6.07, 6.45) is 3.98. The molecule has 1 unspecified atom stereocenters.